The van der Waals surface area contributed by atoms with Crippen LogP contribution in [0.2, 0.25) is 0 Å². The molecule has 0 aromatic rings. The quantitative estimate of drug-likeness (QED) is 0.528. The summed E-state index contributed by atoms with van der Waals surface area (Å²) in [6.07, 6.45) is 0. The molecule has 0 aliphatic heterocycles. The van der Waals surface area contributed by atoms with Gasteiger partial charge in [-0.3, -0.25) is 0 Å². The van der Waals surface area contributed by atoms with Gasteiger partial charge in [0, 0.05) is 0 Å². The van der Waals surface area contributed by atoms with Crippen molar-refractivity contribution >= 4 is 23.5 Å². The molecule has 0 aromatic heterocycles. The second-order valence-electron chi connectivity index (χ2n) is 1.77. The molecule has 0 aromatic carbocycles. The molecule has 11 heteroatoms. The van der Waals surface area contributed by atoms with Crippen LogP contribution in [0.25, 0.3) is 0 Å². The Kier molecular flexibility index (Phi) is 4.11. The molecule has 0 atom stereocenters. The topological polar surface area (TPSA) is 0 Å². The Morgan fingerprint density at radius 3 is 1.00 bits per heavy atom. The summed E-state index contributed by atoms with van der Waals surface area (Å²) >= 11 is -6.02. The summed E-state index contributed by atoms with van der Waals surface area (Å²) in [6, 6.07) is 0. The fourth-order valence-electron chi connectivity index (χ4n) is 0.351. The maximum atomic E-state index is 11.6. The summed E-state index contributed by atoms with van der Waals surface area (Å²) < 4.78 is 104. The molecule has 0 unspecified atom stereocenters. The number of rotatable bonds is 1. The standard InChI is InChI=1S/C3AsF9S/c5-1(6,7)4(2(8,9)10)14-3(11,12)13. The average Bonchev–Trinajstić information content (AvgIpc) is 1.75. The van der Waals surface area contributed by atoms with Crippen LogP contribution in [0.15, 0.2) is 0 Å². The molecule has 0 bridgehead atoms. The van der Waals surface area contributed by atoms with Crippen molar-refractivity contribution in [2.24, 2.45) is 0 Å². The molecule has 0 amide bonds. The second kappa shape index (κ2) is 4.03. The summed E-state index contributed by atoms with van der Waals surface area (Å²) in [5, 5.41) is 0. The predicted octanol–water partition coefficient (Wildman–Crippen LogP) is 3.43. The third-order valence-corrected chi connectivity index (χ3v) is 7.58. The SMILES string of the molecule is FC(F)(F)S[As](C(F)(F)F)C(F)(F)F. The first-order valence-corrected chi connectivity index (χ1v) is 7.48. The molecule has 0 heterocycles. The van der Waals surface area contributed by atoms with Gasteiger partial charge in [0.05, 0.1) is 0 Å². The van der Waals surface area contributed by atoms with Crippen molar-refractivity contribution in [3.63, 3.8) is 0 Å². The van der Waals surface area contributed by atoms with E-state index in [4.69, 9.17) is 0 Å². The van der Waals surface area contributed by atoms with E-state index in [0.29, 0.717) is 0 Å². The van der Waals surface area contributed by atoms with E-state index in [1.54, 1.807) is 0 Å². The van der Waals surface area contributed by atoms with Crippen molar-refractivity contribution in [3.8, 4) is 0 Å². The predicted molar refractivity (Wildman–Crippen MR) is 31.5 cm³/mol. The molecule has 0 spiro atoms. The van der Waals surface area contributed by atoms with Crippen LogP contribution in [-0.4, -0.2) is 28.9 Å². The van der Waals surface area contributed by atoms with Gasteiger partial charge in [0.1, 0.15) is 0 Å². The van der Waals surface area contributed by atoms with Crippen LogP contribution in [0.1, 0.15) is 0 Å². The minimum absolute atomic E-state index is 1.99. The third-order valence-electron chi connectivity index (χ3n) is 0.655. The molecule has 0 nitrogen and oxygen atoms in total. The number of hydrogen-bond donors (Lipinski definition) is 0. The van der Waals surface area contributed by atoms with Crippen molar-refractivity contribution in [2.75, 3.05) is 0 Å². The monoisotopic (exact) mass is 314 g/mol. The van der Waals surface area contributed by atoms with Crippen LogP contribution in [0.5, 0.6) is 0 Å². The Morgan fingerprint density at radius 2 is 0.929 bits per heavy atom. The van der Waals surface area contributed by atoms with Crippen molar-refractivity contribution < 1.29 is 39.5 Å². The van der Waals surface area contributed by atoms with Gasteiger partial charge in [-0.15, -0.1) is 0 Å². The van der Waals surface area contributed by atoms with Crippen LogP contribution in [-0.2, 0) is 0 Å². The number of alkyl halides is 9. The summed E-state index contributed by atoms with van der Waals surface area (Å²) in [5.74, 6) is 0. The molecule has 0 saturated heterocycles. The van der Waals surface area contributed by atoms with Crippen LogP contribution in [0, 0.1) is 0 Å². The minimum atomic E-state index is -6.02. The Hall–Kier alpha value is 0.278. The summed E-state index contributed by atoms with van der Waals surface area (Å²) in [6.45, 7) is 0. The molecule has 0 rings (SSSR count). The number of hydrogen-bond acceptors (Lipinski definition) is 1. The first-order chi connectivity index (χ1) is 5.84. The molecule has 0 N–H and O–H groups in total. The molecule has 0 radical (unpaired) electrons. The van der Waals surface area contributed by atoms with E-state index in [9.17, 15) is 39.5 Å². The van der Waals surface area contributed by atoms with Crippen molar-refractivity contribution in [2.45, 2.75) is 15.4 Å². The molecule has 0 fully saturated rings. The van der Waals surface area contributed by atoms with E-state index in [-0.39, 0.29) is 0 Å². The molecular weight excluding hydrogens is 314 g/mol. The zero-order valence-corrected chi connectivity index (χ0v) is 8.45. The van der Waals surface area contributed by atoms with Crippen LogP contribution < -0.4 is 0 Å². The molecule has 86 valence electrons. The number of halogens is 9. The van der Waals surface area contributed by atoms with E-state index >= 15 is 0 Å². The van der Waals surface area contributed by atoms with Crippen LogP contribution >= 0.6 is 10.0 Å². The first-order valence-electron chi connectivity index (χ1n) is 2.53. The maximum absolute atomic E-state index is 11.6. The Balaban J connectivity index is 4.78. The van der Waals surface area contributed by atoms with E-state index in [0.717, 1.165) is 0 Å². The normalized spacial score (nSPS) is 15.0. The summed E-state index contributed by atoms with van der Waals surface area (Å²) in [7, 11) is -1.99. The Morgan fingerprint density at radius 1 is 0.643 bits per heavy atom. The fourth-order valence-corrected chi connectivity index (χ4v) is 3.97. The van der Waals surface area contributed by atoms with E-state index in [2.05, 4.69) is 0 Å². The van der Waals surface area contributed by atoms with E-state index in [1.807, 2.05) is 0 Å². The molecular formula is C3AsF9S. The van der Waals surface area contributed by atoms with Gasteiger partial charge in [0.25, 0.3) is 0 Å². The van der Waals surface area contributed by atoms with Gasteiger partial charge in [-0.05, 0) is 0 Å². The molecule has 0 aliphatic rings. The van der Waals surface area contributed by atoms with Crippen molar-refractivity contribution in [1.29, 1.82) is 0 Å². The van der Waals surface area contributed by atoms with Gasteiger partial charge in [-0.1, -0.05) is 0 Å². The fraction of sp³-hybridized carbons (Fsp3) is 1.00. The first kappa shape index (κ1) is 14.3. The van der Waals surface area contributed by atoms with Gasteiger partial charge in [0.2, 0.25) is 0 Å². The Bertz CT molecular complexity index is 174. The van der Waals surface area contributed by atoms with Crippen LogP contribution in [0.3, 0.4) is 0 Å². The zero-order chi connectivity index (χ0) is 11.8. The molecule has 0 saturated carbocycles. The molecule has 0 aliphatic carbocycles. The summed E-state index contributed by atoms with van der Waals surface area (Å²) in [5.41, 5.74) is -5.52. The van der Waals surface area contributed by atoms with E-state index in [1.165, 1.54) is 0 Å². The Labute approximate surface area is 79.1 Å². The van der Waals surface area contributed by atoms with Gasteiger partial charge in [0.15, 0.2) is 0 Å². The van der Waals surface area contributed by atoms with Gasteiger partial charge in [-0.25, -0.2) is 0 Å². The van der Waals surface area contributed by atoms with Crippen LogP contribution in [0.4, 0.5) is 39.5 Å². The average molecular weight is 314 g/mol. The zero-order valence-electron chi connectivity index (χ0n) is 5.76. The summed E-state index contributed by atoms with van der Waals surface area (Å²) in [4.78, 5) is -11.7. The van der Waals surface area contributed by atoms with Crippen molar-refractivity contribution in [3.05, 3.63) is 0 Å². The molecule has 14 heavy (non-hydrogen) atoms. The van der Waals surface area contributed by atoms with Crippen molar-refractivity contribution in [1.82, 2.24) is 0 Å². The van der Waals surface area contributed by atoms with Gasteiger partial charge >= 0.3 is 78.5 Å². The van der Waals surface area contributed by atoms with E-state index < -0.39 is 39.0 Å². The van der Waals surface area contributed by atoms with Gasteiger partial charge < -0.3 is 0 Å². The van der Waals surface area contributed by atoms with Gasteiger partial charge in [-0.2, -0.15) is 0 Å². The second-order valence-corrected chi connectivity index (χ2v) is 8.82. The third kappa shape index (κ3) is 5.23.